The molecule has 0 unspecified atom stereocenters. The van der Waals surface area contributed by atoms with Crippen molar-refractivity contribution in [2.45, 2.75) is 27.2 Å². The molecule has 1 heterocycles. The van der Waals surface area contributed by atoms with E-state index in [1.54, 1.807) is 25.2 Å². The molecule has 0 saturated heterocycles. The predicted octanol–water partition coefficient (Wildman–Crippen LogP) is 4.01. The van der Waals surface area contributed by atoms with E-state index in [0.717, 1.165) is 16.0 Å². The van der Waals surface area contributed by atoms with Crippen LogP contribution in [-0.4, -0.2) is 25.2 Å². The normalized spacial score (nSPS) is 10.7. The van der Waals surface area contributed by atoms with E-state index < -0.39 is 17.9 Å². The molecule has 0 N–H and O–H groups in total. The van der Waals surface area contributed by atoms with Gasteiger partial charge < -0.3 is 9.47 Å². The number of carbonyl (C=O) groups is 2. The predicted molar refractivity (Wildman–Crippen MR) is 95.0 cm³/mol. The molecule has 5 heteroatoms. The summed E-state index contributed by atoms with van der Waals surface area (Å²) < 4.78 is 10.0. The van der Waals surface area contributed by atoms with Crippen molar-refractivity contribution >= 4 is 23.3 Å². The average Bonchev–Trinajstić information content (AvgIpc) is 3.02. The molecule has 2 aromatic rings. The molecular weight excluding hydrogens is 324 g/mol. The molecule has 0 atom stereocenters. The first-order chi connectivity index (χ1) is 11.5. The SMILES string of the molecule is CCOC(=O)C(Cc1csc(-c2ccc(C)cc2)c1)C(=O)OCC. The van der Waals surface area contributed by atoms with Crippen LogP contribution in [0.1, 0.15) is 25.0 Å². The van der Waals surface area contributed by atoms with Crippen LogP contribution in [-0.2, 0) is 25.5 Å². The number of aryl methyl sites for hydroxylation is 1. The zero-order valence-electron chi connectivity index (χ0n) is 14.2. The van der Waals surface area contributed by atoms with Crippen molar-refractivity contribution in [1.82, 2.24) is 0 Å². The summed E-state index contributed by atoms with van der Waals surface area (Å²) in [5, 5.41) is 1.97. The monoisotopic (exact) mass is 346 g/mol. The van der Waals surface area contributed by atoms with Gasteiger partial charge in [0.15, 0.2) is 5.92 Å². The van der Waals surface area contributed by atoms with E-state index in [0.29, 0.717) is 6.42 Å². The zero-order chi connectivity index (χ0) is 17.5. The van der Waals surface area contributed by atoms with Gasteiger partial charge in [-0.3, -0.25) is 9.59 Å². The second-order valence-corrected chi connectivity index (χ2v) is 6.36. The van der Waals surface area contributed by atoms with Crippen LogP contribution in [0.25, 0.3) is 10.4 Å². The van der Waals surface area contributed by atoms with E-state index in [1.807, 2.05) is 18.4 Å². The molecule has 4 nitrogen and oxygen atoms in total. The molecule has 0 aliphatic heterocycles. The molecule has 2 rings (SSSR count). The Hall–Kier alpha value is -2.14. The Bertz CT molecular complexity index is 670. The molecule has 0 aliphatic carbocycles. The van der Waals surface area contributed by atoms with Gasteiger partial charge in [0.25, 0.3) is 0 Å². The molecule has 1 aromatic carbocycles. The Morgan fingerprint density at radius 2 is 1.62 bits per heavy atom. The summed E-state index contributed by atoms with van der Waals surface area (Å²) in [5.41, 5.74) is 3.27. The number of carbonyl (C=O) groups excluding carboxylic acids is 2. The van der Waals surface area contributed by atoms with Crippen LogP contribution >= 0.6 is 11.3 Å². The van der Waals surface area contributed by atoms with Gasteiger partial charge in [0.05, 0.1) is 13.2 Å². The van der Waals surface area contributed by atoms with Crippen LogP contribution < -0.4 is 0 Å². The molecule has 0 spiro atoms. The number of hydrogen-bond acceptors (Lipinski definition) is 5. The third-order valence-electron chi connectivity index (χ3n) is 3.57. The Morgan fingerprint density at radius 1 is 1.04 bits per heavy atom. The molecule has 0 fully saturated rings. The third-order valence-corrected chi connectivity index (χ3v) is 4.60. The molecule has 0 aliphatic rings. The van der Waals surface area contributed by atoms with Crippen LogP contribution in [0.2, 0.25) is 0 Å². The Morgan fingerprint density at radius 3 is 2.17 bits per heavy atom. The first-order valence-corrected chi connectivity index (χ1v) is 8.90. The summed E-state index contributed by atoms with van der Waals surface area (Å²) >= 11 is 1.60. The van der Waals surface area contributed by atoms with Gasteiger partial charge in [-0.1, -0.05) is 29.8 Å². The Balaban J connectivity index is 2.16. The van der Waals surface area contributed by atoms with Gasteiger partial charge in [0.1, 0.15) is 0 Å². The summed E-state index contributed by atoms with van der Waals surface area (Å²) in [6.07, 6.45) is 0.292. The van der Waals surface area contributed by atoms with E-state index in [-0.39, 0.29) is 13.2 Å². The van der Waals surface area contributed by atoms with Crippen molar-refractivity contribution in [3.8, 4) is 10.4 Å². The van der Waals surface area contributed by atoms with Crippen molar-refractivity contribution in [3.63, 3.8) is 0 Å². The van der Waals surface area contributed by atoms with Crippen molar-refractivity contribution in [3.05, 3.63) is 46.8 Å². The van der Waals surface area contributed by atoms with Crippen LogP contribution in [0.15, 0.2) is 35.7 Å². The third kappa shape index (κ3) is 4.68. The molecule has 24 heavy (non-hydrogen) atoms. The number of thiophene rings is 1. The summed E-state index contributed by atoms with van der Waals surface area (Å²) in [5.74, 6) is -1.97. The largest absolute Gasteiger partial charge is 0.465 e. The maximum Gasteiger partial charge on any atom is 0.320 e. The number of esters is 2. The van der Waals surface area contributed by atoms with E-state index >= 15 is 0 Å². The summed E-state index contributed by atoms with van der Waals surface area (Å²) in [6.45, 7) is 5.98. The highest BCUT2D eigenvalue weighted by Gasteiger charge is 2.30. The number of ether oxygens (including phenoxy) is 2. The Labute approximate surface area is 146 Å². The molecule has 0 bridgehead atoms. The van der Waals surface area contributed by atoms with Gasteiger partial charge in [-0.15, -0.1) is 11.3 Å². The first-order valence-electron chi connectivity index (χ1n) is 8.02. The van der Waals surface area contributed by atoms with Crippen LogP contribution in [0, 0.1) is 12.8 Å². The highest BCUT2D eigenvalue weighted by molar-refractivity contribution is 7.13. The minimum absolute atomic E-state index is 0.243. The molecule has 0 amide bonds. The van der Waals surface area contributed by atoms with Gasteiger partial charge in [-0.05, 0) is 49.8 Å². The maximum absolute atomic E-state index is 12.1. The highest BCUT2D eigenvalue weighted by Crippen LogP contribution is 2.29. The van der Waals surface area contributed by atoms with E-state index in [9.17, 15) is 9.59 Å². The second-order valence-electron chi connectivity index (χ2n) is 5.45. The lowest BCUT2D eigenvalue weighted by Gasteiger charge is -2.13. The lowest BCUT2D eigenvalue weighted by atomic mass is 10.0. The van der Waals surface area contributed by atoms with E-state index in [4.69, 9.17) is 9.47 Å². The maximum atomic E-state index is 12.1. The smallest absolute Gasteiger partial charge is 0.320 e. The fourth-order valence-electron chi connectivity index (χ4n) is 2.34. The molecule has 0 saturated carbocycles. The fourth-order valence-corrected chi connectivity index (χ4v) is 3.27. The van der Waals surface area contributed by atoms with Crippen molar-refractivity contribution in [2.75, 3.05) is 13.2 Å². The summed E-state index contributed by atoms with van der Waals surface area (Å²) in [7, 11) is 0. The van der Waals surface area contributed by atoms with Gasteiger partial charge in [-0.2, -0.15) is 0 Å². The fraction of sp³-hybridized carbons (Fsp3) is 0.368. The van der Waals surface area contributed by atoms with Crippen LogP contribution in [0.3, 0.4) is 0 Å². The van der Waals surface area contributed by atoms with Gasteiger partial charge >= 0.3 is 11.9 Å². The average molecular weight is 346 g/mol. The summed E-state index contributed by atoms with van der Waals surface area (Å²) in [6, 6.07) is 10.3. The summed E-state index contributed by atoms with van der Waals surface area (Å²) in [4.78, 5) is 25.2. The first kappa shape index (κ1) is 18.2. The van der Waals surface area contributed by atoms with E-state index in [2.05, 4.69) is 24.3 Å². The van der Waals surface area contributed by atoms with Gasteiger partial charge in [0, 0.05) is 4.88 Å². The zero-order valence-corrected chi connectivity index (χ0v) is 15.0. The molecule has 0 radical (unpaired) electrons. The highest BCUT2D eigenvalue weighted by atomic mass is 32.1. The lowest BCUT2D eigenvalue weighted by molar-refractivity contribution is -0.161. The minimum Gasteiger partial charge on any atom is -0.465 e. The van der Waals surface area contributed by atoms with Crippen molar-refractivity contribution < 1.29 is 19.1 Å². The quantitative estimate of drug-likeness (QED) is 0.561. The number of benzene rings is 1. The topological polar surface area (TPSA) is 52.6 Å². The van der Waals surface area contributed by atoms with Crippen LogP contribution in [0.4, 0.5) is 0 Å². The van der Waals surface area contributed by atoms with Gasteiger partial charge in [-0.25, -0.2) is 0 Å². The van der Waals surface area contributed by atoms with Gasteiger partial charge in [0.2, 0.25) is 0 Å². The van der Waals surface area contributed by atoms with Crippen LogP contribution in [0.5, 0.6) is 0 Å². The minimum atomic E-state index is -0.912. The van der Waals surface area contributed by atoms with Crippen molar-refractivity contribution in [1.29, 1.82) is 0 Å². The lowest BCUT2D eigenvalue weighted by Crippen LogP contribution is -2.29. The standard InChI is InChI=1S/C19H22O4S/c1-4-22-18(20)16(19(21)23-5-2)10-14-11-17(24-12-14)15-8-6-13(3)7-9-15/h6-9,11-12,16H,4-5,10H2,1-3H3. The number of hydrogen-bond donors (Lipinski definition) is 0. The molecule has 128 valence electrons. The van der Waals surface area contributed by atoms with E-state index in [1.165, 1.54) is 5.56 Å². The number of rotatable bonds is 7. The molecular formula is C19H22O4S. The second kappa shape index (κ2) is 8.64. The van der Waals surface area contributed by atoms with Crippen molar-refractivity contribution in [2.24, 2.45) is 5.92 Å². The molecule has 1 aromatic heterocycles. The Kier molecular flexibility index (Phi) is 6.55.